The summed E-state index contributed by atoms with van der Waals surface area (Å²) >= 11 is 0. The molecule has 0 saturated carbocycles. The topological polar surface area (TPSA) is 62.3 Å². The third-order valence-corrected chi connectivity index (χ3v) is 3.38. The first kappa shape index (κ1) is 12.8. The average Bonchev–Trinajstić information content (AvgIpc) is 2.38. The molecule has 0 atom stereocenters. The summed E-state index contributed by atoms with van der Waals surface area (Å²) in [4.78, 5) is 1.95. The zero-order valence-corrected chi connectivity index (χ0v) is 10.4. The molecule has 1 aromatic rings. The van der Waals surface area contributed by atoms with Gasteiger partial charge in [0, 0.05) is 31.9 Å². The molecule has 1 fully saturated rings. The highest BCUT2D eigenvalue weighted by molar-refractivity contribution is 5.95. The Kier molecular flexibility index (Phi) is 3.81. The van der Waals surface area contributed by atoms with Crippen molar-refractivity contribution in [1.29, 1.82) is 5.41 Å². The highest BCUT2D eigenvalue weighted by Gasteiger charge is 2.21. The van der Waals surface area contributed by atoms with Crippen LogP contribution >= 0.6 is 0 Å². The van der Waals surface area contributed by atoms with Gasteiger partial charge in [-0.1, -0.05) is 0 Å². The lowest BCUT2D eigenvalue weighted by Gasteiger charge is -2.33. The fourth-order valence-corrected chi connectivity index (χ4v) is 2.23. The van der Waals surface area contributed by atoms with Crippen LogP contribution in [0.3, 0.4) is 0 Å². The summed E-state index contributed by atoms with van der Waals surface area (Å²) in [6.45, 7) is 1.45. The third-order valence-electron chi connectivity index (χ3n) is 3.38. The highest BCUT2D eigenvalue weighted by Crippen LogP contribution is 2.24. The Bertz CT molecular complexity index is 444. The predicted octanol–water partition coefficient (Wildman–Crippen LogP) is 1.72. The van der Waals surface area contributed by atoms with Crippen molar-refractivity contribution in [2.75, 3.05) is 25.2 Å². The lowest BCUT2D eigenvalue weighted by molar-refractivity contribution is 0.0853. The van der Waals surface area contributed by atoms with E-state index in [1.54, 1.807) is 12.1 Å². The normalized spacial score (nSPS) is 16.6. The summed E-state index contributed by atoms with van der Waals surface area (Å²) in [7, 11) is 1.89. The maximum absolute atomic E-state index is 14.0. The van der Waals surface area contributed by atoms with Gasteiger partial charge in [-0.2, -0.15) is 0 Å². The zero-order chi connectivity index (χ0) is 13.1. The molecule has 1 heterocycles. The van der Waals surface area contributed by atoms with Gasteiger partial charge in [0.1, 0.15) is 11.7 Å². The molecule has 4 nitrogen and oxygen atoms in total. The summed E-state index contributed by atoms with van der Waals surface area (Å²) in [5.41, 5.74) is 6.30. The summed E-state index contributed by atoms with van der Waals surface area (Å²) in [5.74, 6) is -0.453. The van der Waals surface area contributed by atoms with E-state index in [-0.39, 0.29) is 11.7 Å². The van der Waals surface area contributed by atoms with Crippen molar-refractivity contribution in [3.63, 3.8) is 0 Å². The molecule has 18 heavy (non-hydrogen) atoms. The summed E-state index contributed by atoms with van der Waals surface area (Å²) in [6, 6.07) is 4.97. The molecular weight excluding hydrogens is 233 g/mol. The second-order valence-electron chi connectivity index (χ2n) is 4.53. The maximum Gasteiger partial charge on any atom is 0.147 e. The first-order valence-electron chi connectivity index (χ1n) is 6.04. The van der Waals surface area contributed by atoms with E-state index >= 15 is 0 Å². The van der Waals surface area contributed by atoms with Crippen molar-refractivity contribution >= 4 is 11.5 Å². The number of halogens is 1. The number of ether oxygens (including phenoxy) is 1. The minimum Gasteiger partial charge on any atom is -0.384 e. The van der Waals surface area contributed by atoms with Crippen LogP contribution in [-0.2, 0) is 4.74 Å². The molecular formula is C13H18FN3O. The number of hydrogen-bond acceptors (Lipinski definition) is 3. The number of anilines is 1. The Balaban J connectivity index is 2.19. The van der Waals surface area contributed by atoms with E-state index < -0.39 is 0 Å². The molecule has 1 saturated heterocycles. The zero-order valence-electron chi connectivity index (χ0n) is 10.4. The van der Waals surface area contributed by atoms with Gasteiger partial charge in [0.05, 0.1) is 5.69 Å². The monoisotopic (exact) mass is 251 g/mol. The summed E-state index contributed by atoms with van der Waals surface area (Å²) in [5, 5.41) is 7.29. The molecule has 1 aromatic carbocycles. The minimum absolute atomic E-state index is 0.117. The van der Waals surface area contributed by atoms with Gasteiger partial charge >= 0.3 is 0 Å². The Morgan fingerprint density at radius 3 is 2.67 bits per heavy atom. The second kappa shape index (κ2) is 5.35. The molecule has 3 N–H and O–H groups in total. The Morgan fingerprint density at radius 2 is 2.11 bits per heavy atom. The number of nitrogen functional groups attached to an aromatic ring is 1. The molecule has 0 spiro atoms. The van der Waals surface area contributed by atoms with Crippen molar-refractivity contribution in [2.24, 2.45) is 5.73 Å². The van der Waals surface area contributed by atoms with Crippen LogP contribution in [0.5, 0.6) is 0 Å². The standard InChI is InChI=1S/C13H18FN3O/c1-17(10-4-6-18-7-5-10)12-3-2-9(13(15)16)8-11(12)14/h2-3,8,10H,4-7H2,1H3,(H3,15,16). The van der Waals surface area contributed by atoms with Crippen LogP contribution in [-0.4, -0.2) is 32.1 Å². The number of nitrogens with zero attached hydrogens (tertiary/aromatic N) is 1. The average molecular weight is 251 g/mol. The SMILES string of the molecule is CN(c1ccc(C(=N)N)cc1F)C1CCOCC1. The molecule has 2 rings (SSSR count). The predicted molar refractivity (Wildman–Crippen MR) is 69.7 cm³/mol. The van der Waals surface area contributed by atoms with E-state index in [2.05, 4.69) is 0 Å². The van der Waals surface area contributed by atoms with Crippen molar-refractivity contribution in [1.82, 2.24) is 0 Å². The molecule has 0 bridgehead atoms. The molecule has 1 aliphatic heterocycles. The van der Waals surface area contributed by atoms with Gasteiger partial charge in [-0.05, 0) is 31.0 Å². The fraction of sp³-hybridized carbons (Fsp3) is 0.462. The van der Waals surface area contributed by atoms with Crippen LogP contribution in [0.2, 0.25) is 0 Å². The number of rotatable bonds is 3. The first-order chi connectivity index (χ1) is 8.59. The first-order valence-corrected chi connectivity index (χ1v) is 6.04. The Labute approximate surface area is 106 Å². The van der Waals surface area contributed by atoms with Crippen LogP contribution in [0.25, 0.3) is 0 Å². The lowest BCUT2D eigenvalue weighted by Crippen LogP contribution is -2.37. The molecule has 0 radical (unpaired) electrons. The maximum atomic E-state index is 14.0. The third kappa shape index (κ3) is 2.61. The van der Waals surface area contributed by atoms with E-state index in [1.807, 2.05) is 11.9 Å². The Morgan fingerprint density at radius 1 is 1.44 bits per heavy atom. The Hall–Kier alpha value is -1.62. The largest absolute Gasteiger partial charge is 0.384 e. The molecule has 0 unspecified atom stereocenters. The van der Waals surface area contributed by atoms with E-state index in [9.17, 15) is 4.39 Å². The van der Waals surface area contributed by atoms with Crippen LogP contribution in [0.15, 0.2) is 18.2 Å². The van der Waals surface area contributed by atoms with Gasteiger partial charge in [0.2, 0.25) is 0 Å². The molecule has 98 valence electrons. The van der Waals surface area contributed by atoms with E-state index in [0.29, 0.717) is 17.3 Å². The highest BCUT2D eigenvalue weighted by atomic mass is 19.1. The van der Waals surface area contributed by atoms with Crippen molar-refractivity contribution in [3.8, 4) is 0 Å². The summed E-state index contributed by atoms with van der Waals surface area (Å²) in [6.07, 6.45) is 1.81. The fourth-order valence-electron chi connectivity index (χ4n) is 2.23. The lowest BCUT2D eigenvalue weighted by atomic mass is 10.1. The van der Waals surface area contributed by atoms with Crippen LogP contribution in [0.1, 0.15) is 18.4 Å². The van der Waals surface area contributed by atoms with Crippen molar-refractivity contribution < 1.29 is 9.13 Å². The van der Waals surface area contributed by atoms with Crippen LogP contribution in [0, 0.1) is 11.2 Å². The van der Waals surface area contributed by atoms with E-state index in [0.717, 1.165) is 26.1 Å². The van der Waals surface area contributed by atoms with Gasteiger partial charge in [0.25, 0.3) is 0 Å². The number of benzene rings is 1. The second-order valence-corrected chi connectivity index (χ2v) is 4.53. The molecule has 0 aromatic heterocycles. The van der Waals surface area contributed by atoms with Gasteiger partial charge in [-0.3, -0.25) is 5.41 Å². The van der Waals surface area contributed by atoms with Gasteiger partial charge in [-0.25, -0.2) is 4.39 Å². The van der Waals surface area contributed by atoms with E-state index in [4.69, 9.17) is 15.9 Å². The number of hydrogen-bond donors (Lipinski definition) is 2. The molecule has 0 amide bonds. The van der Waals surface area contributed by atoms with Gasteiger partial charge in [-0.15, -0.1) is 0 Å². The van der Waals surface area contributed by atoms with Crippen LogP contribution in [0.4, 0.5) is 10.1 Å². The van der Waals surface area contributed by atoms with Crippen molar-refractivity contribution in [3.05, 3.63) is 29.6 Å². The van der Waals surface area contributed by atoms with E-state index in [1.165, 1.54) is 6.07 Å². The number of nitrogens with two attached hydrogens (primary N) is 1. The molecule has 0 aliphatic carbocycles. The summed E-state index contributed by atoms with van der Waals surface area (Å²) < 4.78 is 19.3. The smallest absolute Gasteiger partial charge is 0.147 e. The molecule has 1 aliphatic rings. The number of nitrogens with one attached hydrogen (secondary N) is 1. The quantitative estimate of drug-likeness (QED) is 0.635. The minimum atomic E-state index is -0.336. The van der Waals surface area contributed by atoms with Crippen molar-refractivity contribution in [2.45, 2.75) is 18.9 Å². The molecule has 5 heteroatoms. The van der Waals surface area contributed by atoms with Crippen LogP contribution < -0.4 is 10.6 Å². The van der Waals surface area contributed by atoms with Gasteiger partial charge < -0.3 is 15.4 Å². The van der Waals surface area contributed by atoms with Gasteiger partial charge in [0.15, 0.2) is 0 Å². The number of amidine groups is 1.